The average Bonchev–Trinajstić information content (AvgIpc) is 2.59. The lowest BCUT2D eigenvalue weighted by atomic mass is 9.82. The first-order chi connectivity index (χ1) is 11.3. The van der Waals surface area contributed by atoms with Gasteiger partial charge in [0.05, 0.1) is 10.9 Å². The van der Waals surface area contributed by atoms with Crippen molar-refractivity contribution < 1.29 is 0 Å². The van der Waals surface area contributed by atoms with Crippen molar-refractivity contribution in [2.24, 2.45) is 5.92 Å². The van der Waals surface area contributed by atoms with Crippen molar-refractivity contribution in [3.8, 4) is 0 Å². The third-order valence-electron chi connectivity index (χ3n) is 4.59. The fourth-order valence-corrected chi connectivity index (χ4v) is 6.13. The van der Waals surface area contributed by atoms with Crippen LogP contribution in [0, 0.1) is 5.92 Å². The Morgan fingerprint density at radius 1 is 0.652 bits per heavy atom. The summed E-state index contributed by atoms with van der Waals surface area (Å²) in [6.07, 6.45) is 0. The van der Waals surface area contributed by atoms with E-state index in [4.69, 9.17) is 0 Å². The SMILES string of the molecule is CC(C)C1c2ccccc2[S+](c2ccccc2)c2ccccc21. The molecule has 114 valence electrons. The Morgan fingerprint density at radius 3 is 1.65 bits per heavy atom. The topological polar surface area (TPSA) is 0 Å². The lowest BCUT2D eigenvalue weighted by molar-refractivity contribution is 0.546. The summed E-state index contributed by atoms with van der Waals surface area (Å²) >= 11 is 0. The lowest BCUT2D eigenvalue weighted by Gasteiger charge is -2.29. The minimum absolute atomic E-state index is 0.00485. The first-order valence-electron chi connectivity index (χ1n) is 8.24. The summed E-state index contributed by atoms with van der Waals surface area (Å²) in [7, 11) is 0.00485. The molecule has 1 heteroatoms. The highest BCUT2D eigenvalue weighted by Crippen LogP contribution is 2.48. The Bertz CT molecular complexity index is 773. The molecule has 0 N–H and O–H groups in total. The van der Waals surface area contributed by atoms with Crippen molar-refractivity contribution >= 4 is 10.9 Å². The van der Waals surface area contributed by atoms with Crippen molar-refractivity contribution in [1.82, 2.24) is 0 Å². The van der Waals surface area contributed by atoms with Gasteiger partial charge in [0.15, 0.2) is 14.7 Å². The third-order valence-corrected chi connectivity index (χ3v) is 6.96. The Kier molecular flexibility index (Phi) is 3.74. The van der Waals surface area contributed by atoms with Gasteiger partial charge in [0.25, 0.3) is 0 Å². The summed E-state index contributed by atoms with van der Waals surface area (Å²) in [6.45, 7) is 4.67. The smallest absolute Gasteiger partial charge is 0.0619 e. The van der Waals surface area contributed by atoms with Gasteiger partial charge < -0.3 is 0 Å². The highest BCUT2D eigenvalue weighted by atomic mass is 32.2. The minimum Gasteiger partial charge on any atom is -0.0619 e. The number of hydrogen-bond donors (Lipinski definition) is 0. The molecule has 0 saturated heterocycles. The molecular weight excluding hydrogens is 296 g/mol. The summed E-state index contributed by atoms with van der Waals surface area (Å²) in [5, 5.41) is 0. The Balaban J connectivity index is 2.01. The van der Waals surface area contributed by atoms with Gasteiger partial charge in [-0.3, -0.25) is 0 Å². The number of rotatable bonds is 2. The van der Waals surface area contributed by atoms with Crippen LogP contribution in [0.2, 0.25) is 0 Å². The van der Waals surface area contributed by atoms with Gasteiger partial charge in [-0.25, -0.2) is 0 Å². The van der Waals surface area contributed by atoms with E-state index in [0.717, 1.165) is 0 Å². The largest absolute Gasteiger partial charge is 0.170 e. The van der Waals surface area contributed by atoms with E-state index in [-0.39, 0.29) is 10.9 Å². The van der Waals surface area contributed by atoms with Crippen LogP contribution in [0.4, 0.5) is 0 Å². The zero-order valence-electron chi connectivity index (χ0n) is 13.6. The maximum Gasteiger partial charge on any atom is 0.170 e. The van der Waals surface area contributed by atoms with Crippen molar-refractivity contribution in [3.05, 3.63) is 90.0 Å². The Hall–Kier alpha value is -1.99. The number of fused-ring (bicyclic) bond motifs is 2. The van der Waals surface area contributed by atoms with E-state index in [1.807, 2.05) is 0 Å². The molecular formula is C22H21S+. The molecule has 0 fully saturated rings. The standard InChI is InChI=1S/C22H21S/c1-16(2)22-18-12-6-8-14-20(18)23(17-10-4-3-5-11-17)21-15-9-7-13-19(21)22/h3-16,22H,1-2H3/q+1. The quantitative estimate of drug-likeness (QED) is 0.517. The zero-order valence-corrected chi connectivity index (χ0v) is 14.4. The second kappa shape index (κ2) is 5.90. The summed E-state index contributed by atoms with van der Waals surface area (Å²) < 4.78 is 0. The van der Waals surface area contributed by atoms with Gasteiger partial charge in [-0.05, 0) is 30.2 Å². The van der Waals surface area contributed by atoms with E-state index < -0.39 is 0 Å². The van der Waals surface area contributed by atoms with Crippen LogP contribution >= 0.6 is 0 Å². The Morgan fingerprint density at radius 2 is 1.13 bits per heavy atom. The van der Waals surface area contributed by atoms with Gasteiger partial charge in [0.1, 0.15) is 0 Å². The summed E-state index contributed by atoms with van der Waals surface area (Å²) in [4.78, 5) is 4.40. The third kappa shape index (κ3) is 2.40. The maximum atomic E-state index is 2.34. The number of benzene rings is 3. The van der Waals surface area contributed by atoms with Crippen LogP contribution in [0.25, 0.3) is 0 Å². The lowest BCUT2D eigenvalue weighted by Crippen LogP contribution is -2.22. The molecule has 3 aromatic rings. The molecule has 1 aliphatic rings. The molecule has 1 aliphatic heterocycles. The fraction of sp³-hybridized carbons (Fsp3) is 0.182. The summed E-state index contributed by atoms with van der Waals surface area (Å²) in [5.74, 6) is 1.09. The first-order valence-corrected chi connectivity index (χ1v) is 9.47. The molecule has 4 rings (SSSR count). The Labute approximate surface area is 141 Å². The molecule has 0 radical (unpaired) electrons. The predicted molar refractivity (Wildman–Crippen MR) is 98.2 cm³/mol. The molecule has 23 heavy (non-hydrogen) atoms. The molecule has 0 saturated carbocycles. The van der Waals surface area contributed by atoms with Crippen LogP contribution in [0.15, 0.2) is 93.5 Å². The number of hydrogen-bond acceptors (Lipinski definition) is 0. The minimum atomic E-state index is 0.00485. The van der Waals surface area contributed by atoms with Crippen LogP contribution in [-0.2, 0) is 10.9 Å². The monoisotopic (exact) mass is 317 g/mol. The second-order valence-electron chi connectivity index (χ2n) is 6.42. The van der Waals surface area contributed by atoms with E-state index in [9.17, 15) is 0 Å². The van der Waals surface area contributed by atoms with E-state index in [1.54, 1.807) is 0 Å². The zero-order chi connectivity index (χ0) is 15.8. The van der Waals surface area contributed by atoms with E-state index in [1.165, 1.54) is 25.8 Å². The van der Waals surface area contributed by atoms with Crippen LogP contribution in [0.1, 0.15) is 30.9 Å². The van der Waals surface area contributed by atoms with Gasteiger partial charge in [0, 0.05) is 17.0 Å². The van der Waals surface area contributed by atoms with Crippen molar-refractivity contribution in [2.75, 3.05) is 0 Å². The molecule has 0 amide bonds. The van der Waals surface area contributed by atoms with Gasteiger partial charge in [-0.1, -0.05) is 68.4 Å². The summed E-state index contributed by atoms with van der Waals surface area (Å²) in [5.41, 5.74) is 3.02. The van der Waals surface area contributed by atoms with Gasteiger partial charge in [-0.2, -0.15) is 0 Å². The molecule has 0 bridgehead atoms. The molecule has 0 unspecified atom stereocenters. The van der Waals surface area contributed by atoms with Crippen molar-refractivity contribution in [1.29, 1.82) is 0 Å². The molecule has 0 aromatic heterocycles. The molecule has 0 atom stereocenters. The van der Waals surface area contributed by atoms with E-state index >= 15 is 0 Å². The molecule has 0 aliphatic carbocycles. The second-order valence-corrected chi connectivity index (χ2v) is 8.38. The van der Waals surface area contributed by atoms with E-state index in [2.05, 4.69) is 92.7 Å². The van der Waals surface area contributed by atoms with Crippen LogP contribution in [0.3, 0.4) is 0 Å². The van der Waals surface area contributed by atoms with E-state index in [0.29, 0.717) is 11.8 Å². The van der Waals surface area contributed by atoms with Gasteiger partial charge >= 0.3 is 0 Å². The average molecular weight is 317 g/mol. The van der Waals surface area contributed by atoms with Crippen LogP contribution in [0.5, 0.6) is 0 Å². The fourth-order valence-electron chi connectivity index (χ4n) is 3.66. The van der Waals surface area contributed by atoms with Crippen LogP contribution in [-0.4, -0.2) is 0 Å². The molecule has 0 nitrogen and oxygen atoms in total. The van der Waals surface area contributed by atoms with Crippen molar-refractivity contribution in [2.45, 2.75) is 34.5 Å². The van der Waals surface area contributed by atoms with Crippen LogP contribution < -0.4 is 0 Å². The highest BCUT2D eigenvalue weighted by Gasteiger charge is 2.42. The van der Waals surface area contributed by atoms with Crippen molar-refractivity contribution in [3.63, 3.8) is 0 Å². The van der Waals surface area contributed by atoms with Gasteiger partial charge in [-0.15, -0.1) is 0 Å². The molecule has 1 heterocycles. The van der Waals surface area contributed by atoms with Gasteiger partial charge in [0.2, 0.25) is 0 Å². The molecule has 0 spiro atoms. The predicted octanol–water partition coefficient (Wildman–Crippen LogP) is 5.88. The maximum absolute atomic E-state index is 2.34. The first kappa shape index (κ1) is 14.6. The normalized spacial score (nSPS) is 19.3. The summed E-state index contributed by atoms with van der Waals surface area (Å²) in [6, 6.07) is 29.0. The highest BCUT2D eigenvalue weighted by molar-refractivity contribution is 7.97. The molecule has 3 aromatic carbocycles.